The molecule has 0 aromatic carbocycles. The predicted molar refractivity (Wildman–Crippen MR) is 166 cm³/mol. The molecule has 228 valence electrons. The van der Waals surface area contributed by atoms with Crippen LogP contribution in [0.2, 0.25) is 25.7 Å². The van der Waals surface area contributed by atoms with Gasteiger partial charge in [0.1, 0.15) is 35.2 Å². The van der Waals surface area contributed by atoms with E-state index in [1.807, 2.05) is 37.5 Å². The summed E-state index contributed by atoms with van der Waals surface area (Å²) in [6, 6.07) is 6.56. The number of fused-ring (bicyclic) bond motifs is 2. The van der Waals surface area contributed by atoms with E-state index >= 15 is 0 Å². The number of hydrogen-bond acceptors (Lipinski definition) is 7. The van der Waals surface area contributed by atoms with Crippen molar-refractivity contribution in [2.24, 2.45) is 0 Å². The molecule has 3 aromatic rings. The van der Waals surface area contributed by atoms with E-state index in [9.17, 15) is 9.59 Å². The maximum Gasteiger partial charge on any atom is 0.410 e. The summed E-state index contributed by atoms with van der Waals surface area (Å²) in [6.07, 6.45) is 3.91. The molecule has 0 bridgehead atoms. The van der Waals surface area contributed by atoms with Crippen LogP contribution in [0.15, 0.2) is 30.6 Å². The Morgan fingerprint density at radius 2 is 1.88 bits per heavy atom. The lowest BCUT2D eigenvalue weighted by Gasteiger charge is -2.34. The van der Waals surface area contributed by atoms with Crippen LogP contribution in [0.5, 0.6) is 11.5 Å². The molecule has 0 saturated heterocycles. The highest BCUT2D eigenvalue weighted by Crippen LogP contribution is 2.35. The Labute approximate surface area is 250 Å². The maximum atomic E-state index is 13.1. The van der Waals surface area contributed by atoms with E-state index in [0.717, 1.165) is 23.7 Å². The quantitative estimate of drug-likeness (QED) is 0.206. The van der Waals surface area contributed by atoms with Crippen molar-refractivity contribution in [1.29, 1.82) is 0 Å². The van der Waals surface area contributed by atoms with Gasteiger partial charge in [-0.15, -0.1) is 0 Å². The van der Waals surface area contributed by atoms with Crippen LogP contribution in [-0.2, 0) is 22.7 Å². The smallest absolute Gasteiger partial charge is 0.410 e. The van der Waals surface area contributed by atoms with Gasteiger partial charge in [-0.2, -0.15) is 0 Å². The molecule has 0 aliphatic carbocycles. The molecule has 0 saturated carbocycles. The summed E-state index contributed by atoms with van der Waals surface area (Å²) >= 11 is 0. The minimum atomic E-state index is -1.26. The number of carbonyl (C=O) groups is 2. The number of aromatic nitrogens is 3. The topological polar surface area (TPSA) is 99.0 Å². The van der Waals surface area contributed by atoms with Crippen molar-refractivity contribution in [3.05, 3.63) is 47.5 Å². The van der Waals surface area contributed by atoms with Gasteiger partial charge >= 0.3 is 6.09 Å². The second-order valence-corrected chi connectivity index (χ2v) is 19.0. The van der Waals surface area contributed by atoms with Gasteiger partial charge in [0, 0.05) is 47.4 Å². The average molecular weight is 596 g/mol. The van der Waals surface area contributed by atoms with Crippen molar-refractivity contribution in [2.75, 3.05) is 27.2 Å². The number of rotatable bonds is 9. The first kappa shape index (κ1) is 31.5. The highest BCUT2D eigenvalue weighted by Gasteiger charge is 2.31. The van der Waals surface area contributed by atoms with Crippen LogP contribution in [0.4, 0.5) is 4.79 Å². The van der Waals surface area contributed by atoms with Crippen LogP contribution in [0.1, 0.15) is 61.8 Å². The Morgan fingerprint density at radius 1 is 1.14 bits per heavy atom. The molecule has 0 unspecified atom stereocenters. The highest BCUT2D eigenvalue weighted by molar-refractivity contribution is 6.76. The summed E-state index contributed by atoms with van der Waals surface area (Å²) in [5.74, 6) is 1.07. The zero-order chi connectivity index (χ0) is 30.8. The molecule has 0 spiro atoms. The predicted octanol–water partition coefficient (Wildman–Crippen LogP) is 6.48. The van der Waals surface area contributed by atoms with Gasteiger partial charge in [-0.3, -0.25) is 14.3 Å². The first-order chi connectivity index (χ1) is 19.7. The molecule has 0 N–H and O–H groups in total. The first-order valence-electron chi connectivity index (χ1n) is 14.6. The Morgan fingerprint density at radius 3 is 2.52 bits per heavy atom. The van der Waals surface area contributed by atoms with Gasteiger partial charge in [-0.1, -0.05) is 26.6 Å². The molecular formula is C31H45N5O5Si. The number of ether oxygens (including phenoxy) is 3. The van der Waals surface area contributed by atoms with Crippen LogP contribution >= 0.6 is 0 Å². The van der Waals surface area contributed by atoms with E-state index in [1.165, 1.54) is 0 Å². The Bertz CT molecular complexity index is 1440. The number of hydrogen-bond donors (Lipinski definition) is 0. The Hall–Kier alpha value is -3.44. The van der Waals surface area contributed by atoms with Crippen LogP contribution in [0, 0.1) is 0 Å². The fraction of sp³-hybridized carbons (Fsp3) is 0.548. The van der Waals surface area contributed by atoms with Crippen molar-refractivity contribution in [3.63, 3.8) is 0 Å². The maximum absolute atomic E-state index is 13.1. The fourth-order valence-corrected chi connectivity index (χ4v) is 5.63. The van der Waals surface area contributed by atoms with Crippen molar-refractivity contribution < 1.29 is 23.8 Å². The summed E-state index contributed by atoms with van der Waals surface area (Å²) in [7, 11) is 2.20. The van der Waals surface area contributed by atoms with E-state index in [2.05, 4.69) is 31.5 Å². The lowest BCUT2D eigenvalue weighted by molar-refractivity contribution is 0.0202. The van der Waals surface area contributed by atoms with Crippen LogP contribution in [-0.4, -0.2) is 77.3 Å². The van der Waals surface area contributed by atoms with Gasteiger partial charge in [0.2, 0.25) is 0 Å². The third-order valence-electron chi connectivity index (χ3n) is 7.14. The molecule has 3 aromatic heterocycles. The number of pyridine rings is 2. The number of carbonyl (C=O) groups excluding carboxylic acids is 2. The average Bonchev–Trinajstić information content (AvgIpc) is 3.27. The van der Waals surface area contributed by atoms with Gasteiger partial charge < -0.3 is 24.0 Å². The third-order valence-corrected chi connectivity index (χ3v) is 8.84. The van der Waals surface area contributed by atoms with E-state index in [-0.39, 0.29) is 24.6 Å². The summed E-state index contributed by atoms with van der Waals surface area (Å²) in [4.78, 5) is 38.6. The standard InChI is InChI=1S/C31H45N5O5Si/c1-10-21-18-35(30(38)41-31(2,3)4)19-22-15-23(17-33-27(21)22)40-26-11-12-32-28-24(26)16-25(29(37)34(5)6)36(28)20-39-13-14-42(7,8)9/h11-12,15-17,21H,10,13-14,18-20H2,1-9H3/t21-/m0/s1. The Kier molecular flexibility index (Phi) is 9.32. The van der Waals surface area contributed by atoms with Gasteiger partial charge in [0.15, 0.2) is 0 Å². The molecule has 4 rings (SSSR count). The second-order valence-electron chi connectivity index (χ2n) is 13.3. The van der Waals surface area contributed by atoms with Gasteiger partial charge in [-0.05, 0) is 57.0 Å². The van der Waals surface area contributed by atoms with E-state index in [4.69, 9.17) is 19.2 Å². The fourth-order valence-electron chi connectivity index (χ4n) is 4.87. The van der Waals surface area contributed by atoms with Crippen LogP contribution < -0.4 is 4.74 Å². The van der Waals surface area contributed by atoms with Gasteiger partial charge in [-0.25, -0.2) is 9.78 Å². The molecule has 2 amide bonds. The van der Waals surface area contributed by atoms with Crippen molar-refractivity contribution in [1.82, 2.24) is 24.3 Å². The number of amides is 2. The molecule has 42 heavy (non-hydrogen) atoms. The SMILES string of the molecule is CC[C@H]1CN(C(=O)OC(C)(C)C)Cc2cc(Oc3ccnc4c3cc(C(=O)N(C)C)n4COCC[Si](C)(C)C)cnc21. The van der Waals surface area contributed by atoms with Gasteiger partial charge in [0.25, 0.3) is 5.91 Å². The normalized spacial score (nSPS) is 15.5. The summed E-state index contributed by atoms with van der Waals surface area (Å²) in [5.41, 5.74) is 2.42. The van der Waals surface area contributed by atoms with Crippen LogP contribution in [0.25, 0.3) is 11.0 Å². The monoisotopic (exact) mass is 595 g/mol. The zero-order valence-electron chi connectivity index (χ0n) is 26.5. The van der Waals surface area contributed by atoms with Crippen molar-refractivity contribution in [2.45, 2.75) is 84.6 Å². The minimum absolute atomic E-state index is 0.109. The molecule has 1 atom stereocenters. The lowest BCUT2D eigenvalue weighted by Crippen LogP contribution is -2.41. The molecule has 0 radical (unpaired) electrons. The largest absolute Gasteiger partial charge is 0.455 e. The minimum Gasteiger partial charge on any atom is -0.455 e. The van der Waals surface area contributed by atoms with E-state index in [1.54, 1.807) is 42.4 Å². The van der Waals surface area contributed by atoms with Crippen molar-refractivity contribution >= 4 is 31.1 Å². The van der Waals surface area contributed by atoms with E-state index in [0.29, 0.717) is 47.9 Å². The lowest BCUT2D eigenvalue weighted by atomic mass is 9.93. The molecule has 10 nitrogen and oxygen atoms in total. The molecular weight excluding hydrogens is 550 g/mol. The zero-order valence-corrected chi connectivity index (χ0v) is 27.5. The van der Waals surface area contributed by atoms with Crippen molar-refractivity contribution in [3.8, 4) is 11.5 Å². The first-order valence-corrected chi connectivity index (χ1v) is 18.3. The van der Waals surface area contributed by atoms with Gasteiger partial charge in [0.05, 0.1) is 23.8 Å². The molecule has 0 fully saturated rings. The van der Waals surface area contributed by atoms with E-state index < -0.39 is 13.7 Å². The highest BCUT2D eigenvalue weighted by atomic mass is 28.3. The molecule has 4 heterocycles. The summed E-state index contributed by atoms with van der Waals surface area (Å²) < 4.78 is 19.9. The second kappa shape index (κ2) is 12.4. The summed E-state index contributed by atoms with van der Waals surface area (Å²) in [6.45, 7) is 16.4. The molecule has 11 heteroatoms. The van der Waals surface area contributed by atoms with Crippen LogP contribution in [0.3, 0.4) is 0 Å². The summed E-state index contributed by atoms with van der Waals surface area (Å²) in [5, 5.41) is 0.705. The molecule has 1 aliphatic rings. The number of nitrogens with zero attached hydrogens (tertiary/aromatic N) is 5. The Balaban J connectivity index is 1.64. The third kappa shape index (κ3) is 7.49. The molecule has 1 aliphatic heterocycles.